The summed E-state index contributed by atoms with van der Waals surface area (Å²) in [4.78, 5) is 20.4. The number of benzene rings is 1. The Bertz CT molecular complexity index is 896. The number of amides is 1. The zero-order valence-corrected chi connectivity index (χ0v) is 15.5. The average Bonchev–Trinajstić information content (AvgIpc) is 3.11. The van der Waals surface area contributed by atoms with Gasteiger partial charge in [0.2, 0.25) is 5.95 Å². The van der Waals surface area contributed by atoms with Crippen LogP contribution < -0.4 is 10.2 Å². The first-order valence-electron chi connectivity index (χ1n) is 8.10. The third-order valence-electron chi connectivity index (χ3n) is 3.70. The second kappa shape index (κ2) is 6.84. The van der Waals surface area contributed by atoms with Gasteiger partial charge in [0.1, 0.15) is 16.2 Å². The van der Waals surface area contributed by atoms with Gasteiger partial charge in [0.15, 0.2) is 0 Å². The van der Waals surface area contributed by atoms with Crippen LogP contribution in [-0.2, 0) is 0 Å². The van der Waals surface area contributed by atoms with Crippen LogP contribution in [0.25, 0.3) is 16.0 Å². The minimum atomic E-state index is -0.286. The molecule has 0 aliphatic heterocycles. The number of hydrogen-bond acceptors (Lipinski definition) is 4. The first-order chi connectivity index (χ1) is 11.9. The maximum atomic E-state index is 13.3. The largest absolute Gasteiger partial charge is 0.351 e. The maximum Gasteiger partial charge on any atom is 0.261 e. The summed E-state index contributed by atoms with van der Waals surface area (Å²) in [6, 6.07) is 8.07. The molecule has 0 aliphatic rings. The Morgan fingerprint density at radius 2 is 2.00 bits per heavy atom. The highest BCUT2D eigenvalue weighted by Crippen LogP contribution is 2.32. The third-order valence-corrected chi connectivity index (χ3v) is 4.80. The number of halogens is 1. The number of nitrogens with one attached hydrogen (secondary N) is 1. The zero-order chi connectivity index (χ0) is 18.1. The number of aromatic nitrogens is 2. The summed E-state index contributed by atoms with van der Waals surface area (Å²) in [6.07, 6.45) is 0. The molecule has 1 N–H and O–H groups in total. The van der Waals surface area contributed by atoms with Crippen LogP contribution in [0.1, 0.15) is 23.5 Å². The highest BCUT2D eigenvalue weighted by atomic mass is 32.1. The van der Waals surface area contributed by atoms with E-state index in [1.807, 2.05) is 29.6 Å². The van der Waals surface area contributed by atoms with Crippen LogP contribution in [0.15, 0.2) is 30.3 Å². The Hall–Kier alpha value is -2.41. The standard InChI is InChI=1S/C18H21FN4OS/c1-11(2)10-20-16(24)15-9-14-17(25-15)23(18(21-14)22(3)4)13-7-5-12(19)6-8-13/h5-9,11H,10H2,1-4H3,(H,20,24). The summed E-state index contributed by atoms with van der Waals surface area (Å²) < 4.78 is 15.2. The molecule has 3 aromatic rings. The van der Waals surface area contributed by atoms with Gasteiger partial charge in [0, 0.05) is 20.6 Å². The molecule has 0 atom stereocenters. The molecule has 0 fully saturated rings. The smallest absolute Gasteiger partial charge is 0.261 e. The number of thiophene rings is 1. The van der Waals surface area contributed by atoms with E-state index in [9.17, 15) is 9.18 Å². The van der Waals surface area contributed by atoms with Gasteiger partial charge in [-0.05, 0) is 36.2 Å². The lowest BCUT2D eigenvalue weighted by atomic mass is 10.2. The van der Waals surface area contributed by atoms with Gasteiger partial charge in [-0.1, -0.05) is 13.8 Å². The first-order valence-corrected chi connectivity index (χ1v) is 8.92. The molecule has 3 rings (SSSR count). The quantitative estimate of drug-likeness (QED) is 0.755. The SMILES string of the molecule is CC(C)CNC(=O)c1cc2nc(N(C)C)n(-c3ccc(F)cc3)c2s1. The Balaban J connectivity index is 2.05. The first kappa shape index (κ1) is 17.4. The minimum Gasteiger partial charge on any atom is -0.351 e. The summed E-state index contributed by atoms with van der Waals surface area (Å²) >= 11 is 1.39. The van der Waals surface area contributed by atoms with E-state index in [4.69, 9.17) is 0 Å². The maximum absolute atomic E-state index is 13.3. The Morgan fingerprint density at radius 1 is 1.32 bits per heavy atom. The number of carbonyl (C=O) groups is 1. The van der Waals surface area contributed by atoms with E-state index >= 15 is 0 Å². The van der Waals surface area contributed by atoms with Crippen molar-refractivity contribution in [3.63, 3.8) is 0 Å². The molecule has 5 nitrogen and oxygen atoms in total. The van der Waals surface area contributed by atoms with Crippen LogP contribution in [0.3, 0.4) is 0 Å². The van der Waals surface area contributed by atoms with Crippen LogP contribution in [-0.4, -0.2) is 36.1 Å². The molecule has 1 amide bonds. The molecule has 0 aliphatic carbocycles. The fraction of sp³-hybridized carbons (Fsp3) is 0.333. The van der Waals surface area contributed by atoms with Crippen LogP contribution >= 0.6 is 11.3 Å². The Kier molecular flexibility index (Phi) is 4.76. The molecule has 0 spiro atoms. The number of nitrogens with zero attached hydrogens (tertiary/aromatic N) is 3. The van der Waals surface area contributed by atoms with Crippen molar-refractivity contribution < 1.29 is 9.18 Å². The summed E-state index contributed by atoms with van der Waals surface area (Å²) in [6.45, 7) is 4.74. The van der Waals surface area contributed by atoms with Gasteiger partial charge in [-0.2, -0.15) is 0 Å². The second-order valence-electron chi connectivity index (χ2n) is 6.52. The molecule has 7 heteroatoms. The second-order valence-corrected chi connectivity index (χ2v) is 7.55. The normalized spacial score (nSPS) is 11.3. The molecular weight excluding hydrogens is 339 g/mol. The van der Waals surface area contributed by atoms with E-state index in [0.29, 0.717) is 17.3 Å². The van der Waals surface area contributed by atoms with E-state index in [1.54, 1.807) is 12.1 Å². The van der Waals surface area contributed by atoms with Gasteiger partial charge < -0.3 is 10.2 Å². The fourth-order valence-corrected chi connectivity index (χ4v) is 3.51. The van der Waals surface area contributed by atoms with Crippen molar-refractivity contribution in [2.75, 3.05) is 25.5 Å². The van der Waals surface area contributed by atoms with E-state index in [0.717, 1.165) is 22.0 Å². The van der Waals surface area contributed by atoms with E-state index in [2.05, 4.69) is 24.1 Å². The van der Waals surface area contributed by atoms with Crippen molar-refractivity contribution >= 4 is 33.5 Å². The van der Waals surface area contributed by atoms with E-state index in [1.165, 1.54) is 23.5 Å². The lowest BCUT2D eigenvalue weighted by molar-refractivity contribution is 0.0953. The molecule has 0 unspecified atom stereocenters. The molecule has 1 aromatic carbocycles. The highest BCUT2D eigenvalue weighted by Gasteiger charge is 2.19. The van der Waals surface area contributed by atoms with E-state index in [-0.39, 0.29) is 11.7 Å². The van der Waals surface area contributed by atoms with Crippen molar-refractivity contribution in [2.24, 2.45) is 5.92 Å². The predicted octanol–water partition coefficient (Wildman–Crippen LogP) is 3.68. The van der Waals surface area contributed by atoms with Crippen molar-refractivity contribution in [3.8, 4) is 5.69 Å². The minimum absolute atomic E-state index is 0.0891. The number of hydrogen-bond donors (Lipinski definition) is 1. The molecule has 2 heterocycles. The number of rotatable bonds is 5. The lowest BCUT2D eigenvalue weighted by Crippen LogP contribution is -2.26. The molecule has 0 bridgehead atoms. The van der Waals surface area contributed by atoms with Gasteiger partial charge >= 0.3 is 0 Å². The van der Waals surface area contributed by atoms with Crippen LogP contribution in [0.4, 0.5) is 10.3 Å². The molecule has 132 valence electrons. The molecular formula is C18H21FN4OS. The van der Waals surface area contributed by atoms with Crippen LogP contribution in [0, 0.1) is 11.7 Å². The van der Waals surface area contributed by atoms with Crippen molar-refractivity contribution in [1.29, 1.82) is 0 Å². The number of carbonyl (C=O) groups excluding carboxylic acids is 1. The number of imidazole rings is 1. The molecule has 2 aromatic heterocycles. The molecule has 25 heavy (non-hydrogen) atoms. The summed E-state index contributed by atoms with van der Waals surface area (Å²) in [5.41, 5.74) is 1.57. The Labute approximate surface area is 150 Å². The average molecular weight is 360 g/mol. The van der Waals surface area contributed by atoms with Gasteiger partial charge in [0.05, 0.1) is 10.6 Å². The van der Waals surface area contributed by atoms with Crippen molar-refractivity contribution in [2.45, 2.75) is 13.8 Å². The van der Waals surface area contributed by atoms with Crippen molar-refractivity contribution in [3.05, 3.63) is 41.0 Å². The van der Waals surface area contributed by atoms with Gasteiger partial charge in [-0.3, -0.25) is 9.36 Å². The molecule has 0 radical (unpaired) electrons. The number of anilines is 1. The monoisotopic (exact) mass is 360 g/mol. The predicted molar refractivity (Wildman–Crippen MR) is 100 cm³/mol. The third kappa shape index (κ3) is 3.51. The lowest BCUT2D eigenvalue weighted by Gasteiger charge is -2.14. The van der Waals surface area contributed by atoms with Crippen LogP contribution in [0.5, 0.6) is 0 Å². The topological polar surface area (TPSA) is 50.2 Å². The number of fused-ring (bicyclic) bond motifs is 1. The van der Waals surface area contributed by atoms with Crippen molar-refractivity contribution in [1.82, 2.24) is 14.9 Å². The summed E-state index contributed by atoms with van der Waals surface area (Å²) in [5.74, 6) is 0.757. The highest BCUT2D eigenvalue weighted by molar-refractivity contribution is 7.20. The zero-order valence-electron chi connectivity index (χ0n) is 14.7. The summed E-state index contributed by atoms with van der Waals surface area (Å²) in [7, 11) is 3.81. The van der Waals surface area contributed by atoms with Gasteiger partial charge in [-0.25, -0.2) is 9.37 Å². The summed E-state index contributed by atoms with van der Waals surface area (Å²) in [5, 5.41) is 2.93. The molecule has 0 saturated carbocycles. The molecule has 0 saturated heterocycles. The van der Waals surface area contributed by atoms with Gasteiger partial charge in [-0.15, -0.1) is 11.3 Å². The van der Waals surface area contributed by atoms with Gasteiger partial charge in [0.25, 0.3) is 5.91 Å². The Morgan fingerprint density at radius 3 is 2.60 bits per heavy atom. The van der Waals surface area contributed by atoms with E-state index < -0.39 is 0 Å². The fourth-order valence-electron chi connectivity index (χ4n) is 2.48. The van der Waals surface area contributed by atoms with Crippen LogP contribution in [0.2, 0.25) is 0 Å².